The molecule has 2 aliphatic rings. The van der Waals surface area contributed by atoms with Crippen LogP contribution in [0.4, 0.5) is 21.0 Å². The van der Waals surface area contributed by atoms with Crippen LogP contribution in [-0.4, -0.2) is 57.2 Å². The van der Waals surface area contributed by atoms with Gasteiger partial charge >= 0.3 is 12.1 Å². The van der Waals surface area contributed by atoms with Crippen LogP contribution in [0.1, 0.15) is 71.3 Å². The summed E-state index contributed by atoms with van der Waals surface area (Å²) >= 11 is 0. The molecule has 0 bridgehead atoms. The third kappa shape index (κ3) is 7.52. The number of imide groups is 1. The maximum Gasteiger partial charge on any atom is 0.328 e. The molecule has 1 aliphatic heterocycles. The highest BCUT2D eigenvalue weighted by Gasteiger charge is 2.59. The van der Waals surface area contributed by atoms with E-state index in [1.54, 1.807) is 36.1 Å². The molecule has 2 aromatic carbocycles. The van der Waals surface area contributed by atoms with Crippen molar-refractivity contribution < 1.29 is 24.0 Å². The molecule has 0 unspecified atom stereocenters. The lowest BCUT2D eigenvalue weighted by Gasteiger charge is -2.38. The molecule has 1 saturated heterocycles. The minimum atomic E-state index is -1.02. The molecule has 2 atom stereocenters. The van der Waals surface area contributed by atoms with E-state index in [1.165, 1.54) is 0 Å². The second-order valence-corrected chi connectivity index (χ2v) is 12.0. The first-order valence-electron chi connectivity index (χ1n) is 15.0. The fraction of sp³-hybridized carbons (Fsp3) is 0.469. The van der Waals surface area contributed by atoms with Crippen LogP contribution in [0, 0.1) is 5.92 Å². The number of nitrogens with two attached hydrogens (primary N) is 1. The molecule has 1 spiro atoms. The van der Waals surface area contributed by atoms with E-state index in [4.69, 9.17) is 5.73 Å². The van der Waals surface area contributed by atoms with Gasteiger partial charge in [0, 0.05) is 30.4 Å². The van der Waals surface area contributed by atoms with E-state index >= 15 is 0 Å². The number of urea groups is 2. The van der Waals surface area contributed by atoms with Crippen molar-refractivity contribution in [2.75, 3.05) is 10.6 Å². The monoisotopic (exact) mass is 590 g/mol. The minimum absolute atomic E-state index is 0.0262. The summed E-state index contributed by atoms with van der Waals surface area (Å²) in [7, 11) is 0. The van der Waals surface area contributed by atoms with E-state index in [0.29, 0.717) is 30.6 Å². The van der Waals surface area contributed by atoms with Crippen LogP contribution in [0.25, 0.3) is 0 Å². The van der Waals surface area contributed by atoms with E-state index in [1.807, 2.05) is 44.2 Å². The smallest absolute Gasteiger partial charge is 0.328 e. The predicted molar refractivity (Wildman–Crippen MR) is 164 cm³/mol. The van der Waals surface area contributed by atoms with Gasteiger partial charge in [-0.05, 0) is 61.9 Å². The van der Waals surface area contributed by atoms with Crippen molar-refractivity contribution in [2.24, 2.45) is 11.7 Å². The zero-order chi connectivity index (χ0) is 31.1. The van der Waals surface area contributed by atoms with E-state index in [0.717, 1.165) is 29.7 Å². The highest BCUT2D eigenvalue weighted by molar-refractivity contribution is 6.10. The van der Waals surface area contributed by atoms with E-state index in [-0.39, 0.29) is 30.8 Å². The topological polar surface area (TPSA) is 154 Å². The van der Waals surface area contributed by atoms with Crippen LogP contribution >= 0.6 is 0 Å². The lowest BCUT2D eigenvalue weighted by Crippen LogP contribution is -2.54. The van der Waals surface area contributed by atoms with Crippen LogP contribution in [0.5, 0.6) is 0 Å². The second-order valence-electron chi connectivity index (χ2n) is 12.0. The summed E-state index contributed by atoms with van der Waals surface area (Å²) in [5.74, 6) is -1.33. The third-order valence-electron chi connectivity index (χ3n) is 8.04. The molecular formula is C32H42N6O5. The quantitative estimate of drug-likeness (QED) is 0.282. The molecule has 4 rings (SSSR count). The first-order valence-corrected chi connectivity index (χ1v) is 15.0. The van der Waals surface area contributed by atoms with Gasteiger partial charge in [0.05, 0.1) is 0 Å². The Bertz CT molecular complexity index is 1320. The van der Waals surface area contributed by atoms with Gasteiger partial charge in [-0.2, -0.15) is 0 Å². The summed E-state index contributed by atoms with van der Waals surface area (Å²) in [4.78, 5) is 68.3. The van der Waals surface area contributed by atoms with Gasteiger partial charge in [-0.15, -0.1) is 0 Å². The highest BCUT2D eigenvalue weighted by Crippen LogP contribution is 2.42. The summed E-state index contributed by atoms with van der Waals surface area (Å²) in [5, 5.41) is 8.35. The van der Waals surface area contributed by atoms with Crippen molar-refractivity contribution in [2.45, 2.75) is 89.9 Å². The molecule has 11 heteroatoms. The molecule has 0 aromatic heterocycles. The number of benzene rings is 2. The molecule has 43 heavy (non-hydrogen) atoms. The normalized spacial score (nSPS) is 17.6. The van der Waals surface area contributed by atoms with Gasteiger partial charge in [-0.1, -0.05) is 63.4 Å². The van der Waals surface area contributed by atoms with Crippen LogP contribution in [0.2, 0.25) is 0 Å². The van der Waals surface area contributed by atoms with Crippen molar-refractivity contribution in [3.63, 3.8) is 0 Å². The van der Waals surface area contributed by atoms with Crippen molar-refractivity contribution in [3.05, 3.63) is 60.2 Å². The number of anilines is 2. The standard InChI is InChI=1S/C32H42N6O5/c1-21(2)18-26(28(40)34-22(3)19-27(33)39)38-29(41)32(16-8-5-9-17-32)37(31(38)43)20-23-12-14-25(15-13-23)36-30(42)35-24-10-6-4-7-11-24/h4,6-7,10-15,21-22,26H,5,8-9,16-20H2,1-3H3,(H2,33,39)(H,34,40)(H2,35,36,42)/t22-,26+/m1/s1. The number of hydrogen-bond acceptors (Lipinski definition) is 5. The predicted octanol–water partition coefficient (Wildman–Crippen LogP) is 4.59. The largest absolute Gasteiger partial charge is 0.370 e. The van der Waals surface area contributed by atoms with Crippen molar-refractivity contribution in [3.8, 4) is 0 Å². The molecule has 5 N–H and O–H groups in total. The summed E-state index contributed by atoms with van der Waals surface area (Å²) in [6, 6.07) is 13.8. The average Bonchev–Trinajstić information content (AvgIpc) is 3.13. The van der Waals surface area contributed by atoms with Gasteiger partial charge < -0.3 is 26.6 Å². The molecular weight excluding hydrogens is 548 g/mol. The van der Waals surface area contributed by atoms with E-state index in [9.17, 15) is 24.0 Å². The Labute approximate surface area is 252 Å². The Morgan fingerprint density at radius 3 is 2.07 bits per heavy atom. The zero-order valence-corrected chi connectivity index (χ0v) is 25.1. The fourth-order valence-electron chi connectivity index (χ4n) is 6.01. The van der Waals surface area contributed by atoms with E-state index in [2.05, 4.69) is 16.0 Å². The number of para-hydroxylation sites is 1. The highest BCUT2D eigenvalue weighted by atomic mass is 16.2. The second kappa shape index (κ2) is 13.7. The molecule has 1 aliphatic carbocycles. The molecule has 1 heterocycles. The van der Waals surface area contributed by atoms with Crippen molar-refractivity contribution >= 4 is 41.2 Å². The molecule has 0 radical (unpaired) electrons. The summed E-state index contributed by atoms with van der Waals surface area (Å²) in [6.45, 7) is 5.72. The zero-order valence-electron chi connectivity index (χ0n) is 25.1. The molecule has 11 nitrogen and oxygen atoms in total. The molecule has 2 fully saturated rings. The number of carbonyl (C=O) groups excluding carboxylic acids is 5. The average molecular weight is 591 g/mol. The first-order chi connectivity index (χ1) is 20.5. The van der Waals surface area contributed by atoms with Crippen molar-refractivity contribution in [1.82, 2.24) is 15.1 Å². The number of hydrogen-bond donors (Lipinski definition) is 4. The van der Waals surface area contributed by atoms with Gasteiger partial charge in [0.1, 0.15) is 11.6 Å². The Balaban J connectivity index is 1.54. The van der Waals surface area contributed by atoms with Gasteiger partial charge in [-0.3, -0.25) is 14.4 Å². The maximum absolute atomic E-state index is 14.2. The summed E-state index contributed by atoms with van der Waals surface area (Å²) in [6.07, 6.45) is 3.89. The molecule has 2 aromatic rings. The Hall–Kier alpha value is -4.41. The van der Waals surface area contributed by atoms with Gasteiger partial charge in [-0.25, -0.2) is 14.5 Å². The number of nitrogens with zero attached hydrogens (tertiary/aromatic N) is 2. The van der Waals surface area contributed by atoms with Crippen LogP contribution in [0.15, 0.2) is 54.6 Å². The Morgan fingerprint density at radius 1 is 0.884 bits per heavy atom. The number of rotatable bonds is 11. The van der Waals surface area contributed by atoms with Gasteiger partial charge in [0.15, 0.2) is 0 Å². The van der Waals surface area contributed by atoms with E-state index < -0.39 is 35.5 Å². The molecule has 7 amide bonds. The third-order valence-corrected chi connectivity index (χ3v) is 8.04. The lowest BCUT2D eigenvalue weighted by molar-refractivity contribution is -0.141. The number of nitrogens with one attached hydrogen (secondary N) is 3. The lowest BCUT2D eigenvalue weighted by atomic mass is 9.80. The summed E-state index contributed by atoms with van der Waals surface area (Å²) < 4.78 is 0. The van der Waals surface area contributed by atoms with Crippen LogP contribution in [-0.2, 0) is 20.9 Å². The summed E-state index contributed by atoms with van der Waals surface area (Å²) in [5.41, 5.74) is 6.32. The van der Waals surface area contributed by atoms with Crippen LogP contribution in [0.3, 0.4) is 0 Å². The first kappa shape index (κ1) is 31.5. The molecule has 1 saturated carbocycles. The Kier molecular flexibility index (Phi) is 10.1. The van der Waals surface area contributed by atoms with Gasteiger partial charge in [0.2, 0.25) is 11.8 Å². The number of primary amides is 1. The maximum atomic E-state index is 14.2. The van der Waals surface area contributed by atoms with Gasteiger partial charge in [0.25, 0.3) is 5.91 Å². The SMILES string of the molecule is CC(C)C[C@@H](C(=O)N[C@H](C)CC(N)=O)N1C(=O)N(Cc2ccc(NC(=O)Nc3ccccc3)cc2)C2(CCCCC2)C1=O. The molecule has 230 valence electrons. The fourth-order valence-corrected chi connectivity index (χ4v) is 6.01. The minimum Gasteiger partial charge on any atom is -0.370 e. The number of carbonyl (C=O) groups is 5. The Morgan fingerprint density at radius 2 is 1.49 bits per heavy atom. The number of amides is 7. The van der Waals surface area contributed by atoms with Crippen LogP contribution < -0.4 is 21.7 Å². The van der Waals surface area contributed by atoms with Crippen molar-refractivity contribution in [1.29, 1.82) is 0 Å².